The number of methoxy groups -OCH3 is 1. The van der Waals surface area contributed by atoms with E-state index in [1.807, 2.05) is 6.07 Å². The van der Waals surface area contributed by atoms with Gasteiger partial charge in [-0.3, -0.25) is 9.80 Å². The quantitative estimate of drug-likeness (QED) is 0.367. The maximum atomic E-state index is 12.2. The second-order valence-electron chi connectivity index (χ2n) is 12.1. The van der Waals surface area contributed by atoms with Gasteiger partial charge in [-0.15, -0.1) is 11.3 Å². The molecule has 0 radical (unpaired) electrons. The van der Waals surface area contributed by atoms with Crippen LogP contribution in [0.3, 0.4) is 0 Å². The molecule has 6 rings (SSSR count). The fourth-order valence-corrected chi connectivity index (χ4v) is 8.77. The number of hydrogen-bond acceptors (Lipinski definition) is 10. The number of thiophene rings is 1. The minimum atomic E-state index is -3.27. The number of likely N-dealkylation sites (tertiary alicyclic amines) is 2. The molecule has 41 heavy (non-hydrogen) atoms. The maximum absolute atomic E-state index is 12.2. The summed E-state index contributed by atoms with van der Waals surface area (Å²) in [6, 6.07) is 3.22. The summed E-state index contributed by atoms with van der Waals surface area (Å²) < 4.78 is 30.9. The van der Waals surface area contributed by atoms with Gasteiger partial charge >= 0.3 is 0 Å². The predicted molar refractivity (Wildman–Crippen MR) is 166 cm³/mol. The van der Waals surface area contributed by atoms with Crippen LogP contribution in [0.15, 0.2) is 12.3 Å². The molecule has 222 valence electrons. The molecule has 3 aliphatic rings. The van der Waals surface area contributed by atoms with E-state index in [1.165, 1.54) is 56.0 Å². The number of sulfone groups is 1. The van der Waals surface area contributed by atoms with E-state index in [0.717, 1.165) is 73.0 Å². The first-order valence-electron chi connectivity index (χ1n) is 14.9. The Kier molecular flexibility index (Phi) is 8.24. The first-order valence-corrected chi connectivity index (χ1v) is 17.8. The van der Waals surface area contributed by atoms with Gasteiger partial charge in [-0.1, -0.05) is 0 Å². The summed E-state index contributed by atoms with van der Waals surface area (Å²) in [4.78, 5) is 23.7. The minimum Gasteiger partial charge on any atom is -0.481 e. The molecule has 2 atom stereocenters. The highest BCUT2D eigenvalue weighted by atomic mass is 32.2. The van der Waals surface area contributed by atoms with Gasteiger partial charge in [0, 0.05) is 78.8 Å². The molecule has 0 saturated carbocycles. The van der Waals surface area contributed by atoms with E-state index in [4.69, 9.17) is 14.7 Å². The summed E-state index contributed by atoms with van der Waals surface area (Å²) >= 11 is 1.74. The van der Waals surface area contributed by atoms with Gasteiger partial charge in [0.25, 0.3) is 0 Å². The highest BCUT2D eigenvalue weighted by Gasteiger charge is 2.33. The molecule has 11 heteroatoms. The van der Waals surface area contributed by atoms with Gasteiger partial charge in [0.15, 0.2) is 9.84 Å². The molecule has 3 aromatic heterocycles. The smallest absolute Gasteiger partial charge is 0.226 e. The van der Waals surface area contributed by atoms with Crippen LogP contribution in [0.25, 0.3) is 21.5 Å². The number of pyridine rings is 1. The molecule has 0 spiro atoms. The Hall–Kier alpha value is -2.34. The van der Waals surface area contributed by atoms with Crippen LogP contribution in [0.4, 0.5) is 5.95 Å². The molecule has 0 unspecified atom stereocenters. The van der Waals surface area contributed by atoms with Crippen molar-refractivity contribution < 1.29 is 13.2 Å². The first-order chi connectivity index (χ1) is 19.7. The summed E-state index contributed by atoms with van der Waals surface area (Å²) in [5, 5.41) is 0. The van der Waals surface area contributed by atoms with Crippen LogP contribution in [-0.2, 0) is 22.1 Å². The Morgan fingerprint density at radius 1 is 1.07 bits per heavy atom. The third-order valence-electron chi connectivity index (χ3n) is 8.97. The second-order valence-corrected chi connectivity index (χ2v) is 15.5. The zero-order chi connectivity index (χ0) is 28.7. The molecule has 0 aromatic carbocycles. The average molecular weight is 599 g/mol. The lowest BCUT2D eigenvalue weighted by Gasteiger charge is -2.28. The number of ether oxygens (including phenoxy) is 1. The summed E-state index contributed by atoms with van der Waals surface area (Å²) in [5.41, 5.74) is 4.49. The van der Waals surface area contributed by atoms with Crippen LogP contribution in [0.1, 0.15) is 61.5 Å². The van der Waals surface area contributed by atoms with Crippen LogP contribution in [0, 0.1) is 6.92 Å². The topological polar surface area (TPSA) is 91.8 Å². The number of aromatic nitrogens is 3. The Bertz CT molecular complexity index is 1520. The molecule has 3 aliphatic heterocycles. The van der Waals surface area contributed by atoms with E-state index >= 15 is 0 Å². The Labute approximate surface area is 247 Å². The molecule has 6 heterocycles. The lowest BCUT2D eigenvalue weighted by molar-refractivity contribution is 0.185. The van der Waals surface area contributed by atoms with Gasteiger partial charge in [0.05, 0.1) is 28.8 Å². The highest BCUT2D eigenvalue weighted by Crippen LogP contribution is 2.39. The van der Waals surface area contributed by atoms with Crippen LogP contribution >= 0.6 is 11.3 Å². The van der Waals surface area contributed by atoms with Crippen molar-refractivity contribution in [2.75, 3.05) is 51.0 Å². The molecular weight excluding hydrogens is 557 g/mol. The number of nitrogens with zero attached hydrogens (tertiary/aromatic N) is 6. The second kappa shape index (κ2) is 11.7. The summed E-state index contributed by atoms with van der Waals surface area (Å²) in [5.74, 6) is 0.960. The van der Waals surface area contributed by atoms with Gasteiger partial charge in [0.1, 0.15) is 0 Å². The average Bonchev–Trinajstić information content (AvgIpc) is 3.67. The molecule has 9 nitrogen and oxygen atoms in total. The molecule has 3 aromatic rings. The zero-order valence-corrected chi connectivity index (χ0v) is 26.4. The van der Waals surface area contributed by atoms with Crippen molar-refractivity contribution in [3.8, 4) is 17.1 Å². The van der Waals surface area contributed by atoms with Crippen molar-refractivity contribution in [1.29, 1.82) is 0 Å². The van der Waals surface area contributed by atoms with Crippen molar-refractivity contribution >= 4 is 37.3 Å². The molecule has 3 fully saturated rings. The molecule has 0 bridgehead atoms. The maximum Gasteiger partial charge on any atom is 0.226 e. The lowest BCUT2D eigenvalue weighted by atomic mass is 10.1. The van der Waals surface area contributed by atoms with Crippen LogP contribution < -0.4 is 9.64 Å². The lowest BCUT2D eigenvalue weighted by Crippen LogP contribution is -2.39. The number of rotatable bonds is 8. The van der Waals surface area contributed by atoms with E-state index in [0.29, 0.717) is 23.5 Å². The van der Waals surface area contributed by atoms with Crippen LogP contribution in [-0.4, -0.2) is 91.3 Å². The SMILES string of the molecule is COc1ncc(-c2nc(N3CCCCC3)nc3c(CN4CC[C@@H](N5CCC[C@H]5C)C4)c(C)sc23)cc1CS(C)(=O)=O. The number of fused-ring (bicyclic) bond motifs is 1. The molecule has 0 amide bonds. The van der Waals surface area contributed by atoms with Crippen LogP contribution in [0.2, 0.25) is 0 Å². The number of anilines is 1. The van der Waals surface area contributed by atoms with Gasteiger partial charge in [-0.05, 0) is 65.0 Å². The Morgan fingerprint density at radius 2 is 1.88 bits per heavy atom. The molecular formula is C30H42N6O3S2. The summed E-state index contributed by atoms with van der Waals surface area (Å²) in [6.07, 6.45) is 10.4. The largest absolute Gasteiger partial charge is 0.481 e. The monoisotopic (exact) mass is 598 g/mol. The van der Waals surface area contributed by atoms with Gasteiger partial charge in [-0.25, -0.2) is 23.4 Å². The van der Waals surface area contributed by atoms with E-state index in [-0.39, 0.29) is 5.75 Å². The minimum absolute atomic E-state index is 0.134. The van der Waals surface area contributed by atoms with Crippen molar-refractivity contribution in [2.24, 2.45) is 0 Å². The third-order valence-corrected chi connectivity index (χ3v) is 10.9. The fraction of sp³-hybridized carbons (Fsp3) is 0.633. The number of hydrogen-bond donors (Lipinski definition) is 0. The van der Waals surface area contributed by atoms with Gasteiger partial charge < -0.3 is 9.64 Å². The number of aryl methyl sites for hydroxylation is 1. The summed E-state index contributed by atoms with van der Waals surface area (Å²) in [7, 11) is -1.75. The van der Waals surface area contributed by atoms with E-state index in [2.05, 4.69) is 33.5 Å². The van der Waals surface area contributed by atoms with Crippen molar-refractivity contribution in [1.82, 2.24) is 24.8 Å². The zero-order valence-electron chi connectivity index (χ0n) is 24.7. The van der Waals surface area contributed by atoms with E-state index in [1.54, 1.807) is 17.5 Å². The first kappa shape index (κ1) is 28.8. The van der Waals surface area contributed by atoms with Gasteiger partial charge in [0.2, 0.25) is 11.8 Å². The Morgan fingerprint density at radius 3 is 2.59 bits per heavy atom. The van der Waals surface area contributed by atoms with E-state index in [9.17, 15) is 8.42 Å². The Balaban J connectivity index is 1.40. The van der Waals surface area contributed by atoms with Crippen molar-refractivity contribution in [3.63, 3.8) is 0 Å². The number of piperidine rings is 1. The van der Waals surface area contributed by atoms with Crippen LogP contribution in [0.5, 0.6) is 5.88 Å². The standard InChI is InChI=1S/C30H42N6O3S2/c1-20-9-8-13-36(20)24-10-14-34(17-24)18-25-21(2)40-28-26(32-30(33-27(25)28)35-11-6-5-7-12-35)22-15-23(19-41(4,37)38)29(39-3)31-16-22/h15-16,20,24H,5-14,17-19H2,1-4H3/t20-,24-/m1/s1. The van der Waals surface area contributed by atoms with Crippen molar-refractivity contribution in [2.45, 2.75) is 76.8 Å². The fourth-order valence-electron chi connectivity index (χ4n) is 6.88. The van der Waals surface area contributed by atoms with Crippen molar-refractivity contribution in [3.05, 3.63) is 28.3 Å². The molecule has 0 N–H and O–H groups in total. The summed E-state index contributed by atoms with van der Waals surface area (Å²) in [6.45, 7) is 10.8. The normalized spacial score (nSPS) is 22.7. The molecule has 3 saturated heterocycles. The highest BCUT2D eigenvalue weighted by molar-refractivity contribution is 7.89. The van der Waals surface area contributed by atoms with E-state index < -0.39 is 9.84 Å². The molecule has 0 aliphatic carbocycles. The van der Waals surface area contributed by atoms with Gasteiger partial charge in [-0.2, -0.15) is 0 Å². The third kappa shape index (κ3) is 6.09. The predicted octanol–water partition coefficient (Wildman–Crippen LogP) is 4.66.